The number of fused-ring (bicyclic) bond motifs is 3. The summed E-state index contributed by atoms with van der Waals surface area (Å²) in [6.07, 6.45) is 1.34. The second kappa shape index (κ2) is 5.66. The number of pyridine rings is 1. The fraction of sp³-hybridized carbons (Fsp3) is 0.0556. The normalized spacial score (nSPS) is 11.0. The van der Waals surface area contributed by atoms with Crippen LogP contribution < -0.4 is 4.74 Å². The predicted molar refractivity (Wildman–Crippen MR) is 88.2 cm³/mol. The summed E-state index contributed by atoms with van der Waals surface area (Å²) in [6, 6.07) is 17.0. The lowest BCUT2D eigenvalue weighted by molar-refractivity contribution is 0.0682. The third-order valence-electron chi connectivity index (χ3n) is 3.82. The van der Waals surface area contributed by atoms with Gasteiger partial charge in [0.25, 0.3) is 0 Å². The molecule has 1 N–H and O–H groups in total. The minimum absolute atomic E-state index is 0.0304. The molecule has 0 atom stereocenters. The summed E-state index contributed by atoms with van der Waals surface area (Å²) >= 11 is 0. The van der Waals surface area contributed by atoms with E-state index in [0.717, 1.165) is 10.9 Å². The highest BCUT2D eigenvalue weighted by atomic mass is 16.5. The highest BCUT2D eigenvalue weighted by Crippen LogP contribution is 2.32. The van der Waals surface area contributed by atoms with Crippen molar-refractivity contribution < 1.29 is 14.6 Å². The highest BCUT2D eigenvalue weighted by molar-refractivity contribution is 6.04. The van der Waals surface area contributed by atoms with Crippen LogP contribution in [0.15, 0.2) is 60.9 Å². The van der Waals surface area contributed by atoms with Gasteiger partial charge in [0.15, 0.2) is 17.1 Å². The van der Waals surface area contributed by atoms with Crippen LogP contribution in [0.4, 0.5) is 0 Å². The first kappa shape index (κ1) is 14.2. The average molecular weight is 319 g/mol. The molecule has 0 fully saturated rings. The molecule has 2 aromatic heterocycles. The van der Waals surface area contributed by atoms with Gasteiger partial charge >= 0.3 is 5.97 Å². The molecule has 118 valence electrons. The molecule has 0 spiro atoms. The van der Waals surface area contributed by atoms with Crippen LogP contribution in [-0.4, -0.2) is 25.7 Å². The second-order valence-corrected chi connectivity index (χ2v) is 5.30. The zero-order valence-corrected chi connectivity index (χ0v) is 12.6. The van der Waals surface area contributed by atoms with E-state index in [9.17, 15) is 9.90 Å². The number of hydrogen-bond acceptors (Lipinski definition) is 4. The molecule has 0 bridgehead atoms. The molecular formula is C18H13N3O3. The predicted octanol–water partition coefficient (Wildman–Crippen LogP) is 3.16. The van der Waals surface area contributed by atoms with Crippen LogP contribution in [-0.2, 0) is 6.61 Å². The maximum Gasteiger partial charge on any atom is 0.358 e. The number of aromatic carboxylic acids is 1. The summed E-state index contributed by atoms with van der Waals surface area (Å²) in [5.74, 6) is -0.820. The van der Waals surface area contributed by atoms with Crippen LogP contribution in [0.5, 0.6) is 5.75 Å². The molecule has 0 amide bonds. The Bertz CT molecular complexity index is 1040. The lowest BCUT2D eigenvalue weighted by Gasteiger charge is -2.14. The fourth-order valence-electron chi connectivity index (χ4n) is 2.75. The van der Waals surface area contributed by atoms with E-state index in [1.807, 2.05) is 54.6 Å². The van der Waals surface area contributed by atoms with E-state index in [1.54, 1.807) is 0 Å². The fourth-order valence-corrected chi connectivity index (χ4v) is 2.75. The van der Waals surface area contributed by atoms with Crippen molar-refractivity contribution in [3.63, 3.8) is 0 Å². The summed E-state index contributed by atoms with van der Waals surface area (Å²) < 4.78 is 7.22. The standard InChI is InChI=1S/C18H13N3O3/c22-18(23)15-16(24-10-12-6-2-1-3-7-12)13-8-4-5-9-14(13)17-19-11-20-21(15)17/h1-9,11H,10H2,(H,22,23). The van der Waals surface area contributed by atoms with Crippen molar-refractivity contribution in [1.29, 1.82) is 0 Å². The Morgan fingerprint density at radius 2 is 1.75 bits per heavy atom. The summed E-state index contributed by atoms with van der Waals surface area (Å²) in [7, 11) is 0. The Kier molecular flexibility index (Phi) is 3.35. The number of hydrogen-bond donors (Lipinski definition) is 1. The summed E-state index contributed by atoms with van der Waals surface area (Å²) in [5.41, 5.74) is 1.42. The Morgan fingerprint density at radius 1 is 1.04 bits per heavy atom. The minimum atomic E-state index is -1.11. The molecule has 0 unspecified atom stereocenters. The lowest BCUT2D eigenvalue weighted by Crippen LogP contribution is -2.11. The maximum absolute atomic E-state index is 11.8. The monoisotopic (exact) mass is 319 g/mol. The first-order valence-electron chi connectivity index (χ1n) is 7.40. The molecule has 0 saturated heterocycles. The van der Waals surface area contributed by atoms with Gasteiger partial charge in [0, 0.05) is 10.8 Å². The van der Waals surface area contributed by atoms with E-state index in [2.05, 4.69) is 10.1 Å². The number of benzene rings is 2. The molecule has 2 heterocycles. The first-order chi connectivity index (χ1) is 11.8. The molecule has 0 saturated carbocycles. The summed E-state index contributed by atoms with van der Waals surface area (Å²) in [4.78, 5) is 16.0. The number of aromatic nitrogens is 3. The van der Waals surface area contributed by atoms with Gasteiger partial charge in [0.2, 0.25) is 0 Å². The van der Waals surface area contributed by atoms with Crippen LogP contribution in [0.1, 0.15) is 16.1 Å². The van der Waals surface area contributed by atoms with Gasteiger partial charge in [-0.3, -0.25) is 0 Å². The number of carbonyl (C=O) groups is 1. The maximum atomic E-state index is 11.8. The molecule has 0 aliphatic rings. The van der Waals surface area contributed by atoms with Gasteiger partial charge < -0.3 is 9.84 Å². The topological polar surface area (TPSA) is 76.7 Å². The molecule has 0 aliphatic carbocycles. The molecule has 0 radical (unpaired) electrons. The SMILES string of the molecule is O=C(O)c1c(OCc2ccccc2)c2ccccc2c2ncnn12. The number of ether oxygens (including phenoxy) is 1. The lowest BCUT2D eigenvalue weighted by atomic mass is 10.1. The van der Waals surface area contributed by atoms with E-state index in [0.29, 0.717) is 16.8 Å². The third-order valence-corrected chi connectivity index (χ3v) is 3.82. The Hall–Kier alpha value is -3.41. The zero-order chi connectivity index (χ0) is 16.5. The van der Waals surface area contributed by atoms with Crippen LogP contribution >= 0.6 is 0 Å². The van der Waals surface area contributed by atoms with Crippen molar-refractivity contribution in [2.24, 2.45) is 0 Å². The second-order valence-electron chi connectivity index (χ2n) is 5.30. The van der Waals surface area contributed by atoms with Gasteiger partial charge in [-0.2, -0.15) is 5.10 Å². The Labute approximate surface area is 136 Å². The van der Waals surface area contributed by atoms with Gasteiger partial charge in [-0.05, 0) is 5.56 Å². The van der Waals surface area contributed by atoms with Crippen LogP contribution in [0.2, 0.25) is 0 Å². The van der Waals surface area contributed by atoms with Crippen LogP contribution in [0.25, 0.3) is 16.4 Å². The van der Waals surface area contributed by atoms with Crippen molar-refractivity contribution in [1.82, 2.24) is 14.6 Å². The molecule has 4 rings (SSSR count). The van der Waals surface area contributed by atoms with Gasteiger partial charge in [0.1, 0.15) is 12.9 Å². The Balaban J connectivity index is 1.93. The first-order valence-corrected chi connectivity index (χ1v) is 7.40. The molecule has 6 heteroatoms. The van der Waals surface area contributed by atoms with Gasteiger partial charge in [-0.15, -0.1) is 0 Å². The molecule has 4 aromatic rings. The highest BCUT2D eigenvalue weighted by Gasteiger charge is 2.22. The van der Waals surface area contributed by atoms with Gasteiger partial charge in [-0.1, -0.05) is 54.6 Å². The molecule has 2 aromatic carbocycles. The largest absolute Gasteiger partial charge is 0.486 e. The number of carboxylic acid groups (broad SMARTS) is 1. The van der Waals surface area contributed by atoms with E-state index < -0.39 is 5.97 Å². The number of nitrogens with zero attached hydrogens (tertiary/aromatic N) is 3. The van der Waals surface area contributed by atoms with Crippen molar-refractivity contribution in [2.45, 2.75) is 6.61 Å². The summed E-state index contributed by atoms with van der Waals surface area (Å²) in [6.45, 7) is 0.269. The van der Waals surface area contributed by atoms with Crippen LogP contribution in [0.3, 0.4) is 0 Å². The Morgan fingerprint density at radius 3 is 2.50 bits per heavy atom. The third kappa shape index (κ3) is 2.25. The van der Waals surface area contributed by atoms with E-state index in [-0.39, 0.29) is 12.3 Å². The quantitative estimate of drug-likeness (QED) is 0.625. The smallest absolute Gasteiger partial charge is 0.358 e. The van der Waals surface area contributed by atoms with E-state index in [4.69, 9.17) is 4.74 Å². The van der Waals surface area contributed by atoms with Crippen molar-refractivity contribution in [3.8, 4) is 5.75 Å². The summed E-state index contributed by atoms with van der Waals surface area (Å²) in [5, 5.41) is 15.2. The van der Waals surface area contributed by atoms with Gasteiger partial charge in [0.05, 0.1) is 0 Å². The van der Waals surface area contributed by atoms with Crippen molar-refractivity contribution >= 4 is 22.4 Å². The van der Waals surface area contributed by atoms with Crippen molar-refractivity contribution in [3.05, 3.63) is 72.2 Å². The van der Waals surface area contributed by atoms with Crippen LogP contribution in [0, 0.1) is 0 Å². The van der Waals surface area contributed by atoms with Gasteiger partial charge in [-0.25, -0.2) is 14.3 Å². The van der Waals surface area contributed by atoms with E-state index >= 15 is 0 Å². The molecule has 6 nitrogen and oxygen atoms in total. The molecular weight excluding hydrogens is 306 g/mol. The van der Waals surface area contributed by atoms with E-state index in [1.165, 1.54) is 10.8 Å². The molecule has 24 heavy (non-hydrogen) atoms. The number of rotatable bonds is 4. The van der Waals surface area contributed by atoms with Crippen molar-refractivity contribution in [2.75, 3.05) is 0 Å². The minimum Gasteiger partial charge on any atom is -0.486 e. The number of carboxylic acids is 1. The average Bonchev–Trinajstić information content (AvgIpc) is 3.09. The zero-order valence-electron chi connectivity index (χ0n) is 12.6. The molecule has 0 aliphatic heterocycles.